The summed E-state index contributed by atoms with van der Waals surface area (Å²) in [6, 6.07) is 3.86. The molecule has 4 heteroatoms. The normalized spacial score (nSPS) is 9.88. The maximum atomic E-state index is 11.0. The van der Waals surface area contributed by atoms with Crippen LogP contribution in [0.2, 0.25) is 0 Å². The molecule has 0 bridgehead atoms. The van der Waals surface area contributed by atoms with Crippen LogP contribution in [0, 0.1) is 0 Å². The maximum Gasteiger partial charge on any atom is 0.219 e. The van der Waals surface area contributed by atoms with Crippen LogP contribution in [0.1, 0.15) is 19.8 Å². The van der Waals surface area contributed by atoms with Gasteiger partial charge in [-0.05, 0) is 6.07 Å². The van der Waals surface area contributed by atoms with E-state index in [4.69, 9.17) is 4.74 Å². The first-order valence-electron chi connectivity index (χ1n) is 5.56. The Balaban J connectivity index is 2.28. The minimum absolute atomic E-state index is 0.107. The number of rotatable bonds is 6. The Kier molecular flexibility index (Phi) is 5.32. The fraction of sp³-hybridized carbons (Fsp3) is 0.500. The van der Waals surface area contributed by atoms with Crippen molar-refractivity contribution in [1.29, 1.82) is 0 Å². The van der Waals surface area contributed by atoms with Gasteiger partial charge in [-0.25, -0.2) is 4.57 Å². The molecule has 0 aliphatic carbocycles. The molecule has 1 rings (SSSR count). The third-order valence-electron chi connectivity index (χ3n) is 2.30. The Morgan fingerprint density at radius 1 is 1.56 bits per heavy atom. The van der Waals surface area contributed by atoms with Crippen molar-refractivity contribution in [2.24, 2.45) is 0 Å². The molecule has 1 aromatic rings. The van der Waals surface area contributed by atoms with Gasteiger partial charge in [-0.3, -0.25) is 4.79 Å². The van der Waals surface area contributed by atoms with Crippen LogP contribution < -0.4 is 14.6 Å². The van der Waals surface area contributed by atoms with Crippen LogP contribution in [0.15, 0.2) is 24.5 Å². The number of hydrogen-bond acceptors (Lipinski definition) is 2. The fourth-order valence-corrected chi connectivity index (χ4v) is 1.37. The minimum atomic E-state index is 0.107. The number of ether oxygens (including phenoxy) is 1. The molecule has 1 amide bonds. The molecule has 0 unspecified atom stereocenters. The number of aryl methyl sites for hydroxylation is 1. The Bertz CT molecular complexity index is 340. The van der Waals surface area contributed by atoms with Crippen molar-refractivity contribution < 1.29 is 14.1 Å². The molecular formula is C12H19N2O2+. The van der Waals surface area contributed by atoms with Crippen molar-refractivity contribution in [3.8, 4) is 5.75 Å². The van der Waals surface area contributed by atoms with E-state index in [2.05, 4.69) is 9.88 Å². The number of nitrogens with zero attached hydrogens (tertiary/aromatic N) is 1. The molecular weight excluding hydrogens is 204 g/mol. The number of methoxy groups -OCH3 is 1. The van der Waals surface area contributed by atoms with Crippen LogP contribution in [0.25, 0.3) is 0 Å². The first kappa shape index (κ1) is 12.5. The second kappa shape index (κ2) is 6.82. The summed E-state index contributed by atoms with van der Waals surface area (Å²) in [5.74, 6) is 0.954. The van der Waals surface area contributed by atoms with Crippen LogP contribution >= 0.6 is 0 Å². The van der Waals surface area contributed by atoms with Gasteiger partial charge in [0.05, 0.1) is 7.11 Å². The van der Waals surface area contributed by atoms with Gasteiger partial charge in [-0.2, -0.15) is 0 Å². The van der Waals surface area contributed by atoms with Crippen LogP contribution in [0.3, 0.4) is 0 Å². The van der Waals surface area contributed by atoms with Gasteiger partial charge in [0.1, 0.15) is 6.54 Å². The van der Waals surface area contributed by atoms with Crippen molar-refractivity contribution in [2.45, 2.75) is 26.3 Å². The lowest BCUT2D eigenvalue weighted by Gasteiger charge is -2.02. The van der Waals surface area contributed by atoms with Gasteiger partial charge in [-0.15, -0.1) is 0 Å². The molecule has 0 saturated heterocycles. The number of amides is 1. The quantitative estimate of drug-likeness (QED) is 0.575. The number of aromatic nitrogens is 1. The third kappa shape index (κ3) is 4.29. The number of hydrogen-bond donors (Lipinski definition) is 1. The molecule has 1 aromatic heterocycles. The minimum Gasteiger partial charge on any atom is -0.491 e. The molecule has 0 radical (unpaired) electrons. The molecule has 0 spiro atoms. The van der Waals surface area contributed by atoms with Crippen molar-refractivity contribution in [1.82, 2.24) is 5.32 Å². The van der Waals surface area contributed by atoms with Crippen LogP contribution in [-0.2, 0) is 11.3 Å². The molecule has 88 valence electrons. The molecule has 0 saturated carbocycles. The van der Waals surface area contributed by atoms with Crippen LogP contribution in [-0.4, -0.2) is 19.6 Å². The Labute approximate surface area is 96.2 Å². The van der Waals surface area contributed by atoms with E-state index in [1.807, 2.05) is 31.5 Å². The number of carbonyl (C=O) groups is 1. The van der Waals surface area contributed by atoms with E-state index in [9.17, 15) is 4.79 Å². The summed E-state index contributed by atoms with van der Waals surface area (Å²) in [6.07, 6.45) is 5.40. The molecule has 1 heterocycles. The monoisotopic (exact) mass is 223 g/mol. The average molecular weight is 223 g/mol. The summed E-state index contributed by atoms with van der Waals surface area (Å²) in [7, 11) is 1.65. The van der Waals surface area contributed by atoms with Gasteiger partial charge in [-0.1, -0.05) is 6.92 Å². The summed E-state index contributed by atoms with van der Waals surface area (Å²) < 4.78 is 7.18. The molecule has 0 aliphatic rings. The Hall–Kier alpha value is -1.58. The lowest BCUT2D eigenvalue weighted by molar-refractivity contribution is -0.697. The second-order valence-electron chi connectivity index (χ2n) is 3.54. The lowest BCUT2D eigenvalue weighted by atomic mass is 10.3. The predicted molar refractivity (Wildman–Crippen MR) is 61.1 cm³/mol. The van der Waals surface area contributed by atoms with Crippen molar-refractivity contribution in [3.63, 3.8) is 0 Å². The zero-order valence-electron chi connectivity index (χ0n) is 9.90. The summed E-state index contributed by atoms with van der Waals surface area (Å²) in [5.41, 5.74) is 0. The maximum absolute atomic E-state index is 11.0. The molecule has 4 nitrogen and oxygen atoms in total. The van der Waals surface area contributed by atoms with E-state index >= 15 is 0 Å². The first-order valence-corrected chi connectivity index (χ1v) is 5.56. The van der Waals surface area contributed by atoms with Gasteiger partial charge < -0.3 is 10.1 Å². The summed E-state index contributed by atoms with van der Waals surface area (Å²) in [4.78, 5) is 11.0. The van der Waals surface area contributed by atoms with Gasteiger partial charge in [0.2, 0.25) is 12.1 Å². The molecule has 0 fully saturated rings. The van der Waals surface area contributed by atoms with Gasteiger partial charge in [0.25, 0.3) is 0 Å². The van der Waals surface area contributed by atoms with Crippen LogP contribution in [0.5, 0.6) is 5.75 Å². The second-order valence-corrected chi connectivity index (χ2v) is 3.54. The third-order valence-corrected chi connectivity index (χ3v) is 2.30. The van der Waals surface area contributed by atoms with Gasteiger partial charge >= 0.3 is 0 Å². The summed E-state index contributed by atoms with van der Waals surface area (Å²) in [5, 5.41) is 2.85. The van der Waals surface area contributed by atoms with E-state index in [1.54, 1.807) is 7.11 Å². The highest BCUT2D eigenvalue weighted by Gasteiger charge is 2.02. The Morgan fingerprint density at radius 2 is 2.38 bits per heavy atom. The van der Waals surface area contributed by atoms with E-state index in [0.29, 0.717) is 6.42 Å². The van der Waals surface area contributed by atoms with Gasteiger partial charge in [0, 0.05) is 25.5 Å². The smallest absolute Gasteiger partial charge is 0.219 e. The standard InChI is InChI=1S/C12H18N2O2/c1-3-12(15)13-7-5-9-14-8-4-6-11(10-14)16-2/h4,6,8,10H,3,5,7,9H2,1-2H3/p+1. The molecule has 0 aromatic carbocycles. The van der Waals surface area contributed by atoms with E-state index in [0.717, 1.165) is 25.3 Å². The average Bonchev–Trinajstić information content (AvgIpc) is 2.34. The zero-order valence-corrected chi connectivity index (χ0v) is 9.90. The number of carbonyl (C=O) groups excluding carboxylic acids is 1. The van der Waals surface area contributed by atoms with Crippen LogP contribution in [0.4, 0.5) is 0 Å². The Morgan fingerprint density at radius 3 is 3.06 bits per heavy atom. The molecule has 1 N–H and O–H groups in total. The molecule has 0 aliphatic heterocycles. The number of pyridine rings is 1. The summed E-state index contributed by atoms with van der Waals surface area (Å²) >= 11 is 0. The highest BCUT2D eigenvalue weighted by Crippen LogP contribution is 2.02. The van der Waals surface area contributed by atoms with Crippen molar-refractivity contribution >= 4 is 5.91 Å². The summed E-state index contributed by atoms with van der Waals surface area (Å²) in [6.45, 7) is 3.45. The zero-order chi connectivity index (χ0) is 11.8. The van der Waals surface area contributed by atoms with Gasteiger partial charge in [0.15, 0.2) is 11.9 Å². The van der Waals surface area contributed by atoms with Crippen molar-refractivity contribution in [3.05, 3.63) is 24.5 Å². The predicted octanol–water partition coefficient (Wildman–Crippen LogP) is 0.899. The topological polar surface area (TPSA) is 42.2 Å². The largest absolute Gasteiger partial charge is 0.491 e. The van der Waals surface area contributed by atoms with Crippen molar-refractivity contribution in [2.75, 3.05) is 13.7 Å². The fourth-order valence-electron chi connectivity index (χ4n) is 1.37. The van der Waals surface area contributed by atoms with E-state index in [1.165, 1.54) is 0 Å². The first-order chi connectivity index (χ1) is 7.76. The SMILES string of the molecule is CCC(=O)NCCC[n+]1cccc(OC)c1. The lowest BCUT2D eigenvalue weighted by Crippen LogP contribution is -2.35. The molecule has 0 atom stereocenters. The van der Waals surface area contributed by atoms with E-state index < -0.39 is 0 Å². The highest BCUT2D eigenvalue weighted by molar-refractivity contribution is 5.75. The van der Waals surface area contributed by atoms with E-state index in [-0.39, 0.29) is 5.91 Å². The number of nitrogens with one attached hydrogen (secondary N) is 1. The highest BCUT2D eigenvalue weighted by atomic mass is 16.5. The molecule has 16 heavy (non-hydrogen) atoms.